The largest absolute Gasteiger partial charge is 0.302 e. The van der Waals surface area contributed by atoms with Gasteiger partial charge in [-0.15, -0.1) is 0 Å². The fourth-order valence-corrected chi connectivity index (χ4v) is 3.95. The molecule has 3 atom stereocenters. The summed E-state index contributed by atoms with van der Waals surface area (Å²) in [6, 6.07) is 14.8. The van der Waals surface area contributed by atoms with Crippen LogP contribution in [0.15, 0.2) is 48.5 Å². The number of hydrogen-bond donors (Lipinski definition) is 0. The SMILES string of the molecule is CN(C)C(c1ccccc1)C1[CH]CC(c2ccc(F)cc2F)CC1. The molecule has 1 aliphatic rings. The Morgan fingerprint density at radius 2 is 1.75 bits per heavy atom. The van der Waals surface area contributed by atoms with Crippen LogP contribution in [0.4, 0.5) is 8.78 Å². The molecule has 1 saturated carbocycles. The van der Waals surface area contributed by atoms with Crippen molar-refractivity contribution < 1.29 is 8.78 Å². The maximum absolute atomic E-state index is 14.0. The van der Waals surface area contributed by atoms with Crippen LogP contribution in [-0.2, 0) is 0 Å². The molecule has 0 N–H and O–H groups in total. The molecule has 0 bridgehead atoms. The minimum atomic E-state index is -0.509. The maximum Gasteiger partial charge on any atom is 0.129 e. The first kappa shape index (κ1) is 17.1. The molecule has 1 aliphatic carbocycles. The Labute approximate surface area is 143 Å². The van der Waals surface area contributed by atoms with Crippen molar-refractivity contribution in [2.45, 2.75) is 31.2 Å². The smallest absolute Gasteiger partial charge is 0.129 e. The molecule has 0 spiro atoms. The van der Waals surface area contributed by atoms with E-state index >= 15 is 0 Å². The van der Waals surface area contributed by atoms with Crippen molar-refractivity contribution in [2.75, 3.05) is 14.1 Å². The fraction of sp³-hybridized carbons (Fsp3) is 0.381. The Morgan fingerprint density at radius 3 is 2.33 bits per heavy atom. The lowest BCUT2D eigenvalue weighted by Crippen LogP contribution is -2.30. The summed E-state index contributed by atoms with van der Waals surface area (Å²) < 4.78 is 27.1. The molecule has 1 radical (unpaired) electrons. The van der Waals surface area contributed by atoms with E-state index in [1.165, 1.54) is 11.6 Å². The van der Waals surface area contributed by atoms with E-state index in [1.54, 1.807) is 6.07 Å². The Bertz CT molecular complexity index is 661. The second kappa shape index (κ2) is 7.43. The lowest BCUT2D eigenvalue weighted by molar-refractivity contribution is 0.200. The van der Waals surface area contributed by atoms with E-state index in [0.717, 1.165) is 25.3 Å². The van der Waals surface area contributed by atoms with Gasteiger partial charge in [0, 0.05) is 12.1 Å². The molecular weight excluding hydrogens is 304 g/mol. The predicted molar refractivity (Wildman–Crippen MR) is 93.6 cm³/mol. The van der Waals surface area contributed by atoms with E-state index in [4.69, 9.17) is 0 Å². The highest BCUT2D eigenvalue weighted by Crippen LogP contribution is 2.42. The first-order valence-electron chi connectivity index (χ1n) is 8.56. The van der Waals surface area contributed by atoms with Gasteiger partial charge in [0.25, 0.3) is 0 Å². The van der Waals surface area contributed by atoms with Gasteiger partial charge < -0.3 is 4.90 Å². The summed E-state index contributed by atoms with van der Waals surface area (Å²) in [5.41, 5.74) is 1.96. The molecule has 0 aliphatic heterocycles. The van der Waals surface area contributed by atoms with Gasteiger partial charge in [0.1, 0.15) is 11.6 Å². The van der Waals surface area contributed by atoms with Crippen LogP contribution >= 0.6 is 0 Å². The quantitative estimate of drug-likeness (QED) is 0.731. The molecule has 0 aromatic heterocycles. The van der Waals surface area contributed by atoms with Crippen molar-refractivity contribution in [3.05, 3.63) is 77.7 Å². The molecule has 3 heteroatoms. The highest BCUT2D eigenvalue weighted by Gasteiger charge is 2.31. The van der Waals surface area contributed by atoms with Gasteiger partial charge in [-0.05, 0) is 68.8 Å². The zero-order valence-corrected chi connectivity index (χ0v) is 14.3. The van der Waals surface area contributed by atoms with Crippen molar-refractivity contribution in [3.8, 4) is 0 Å². The highest BCUT2D eigenvalue weighted by atomic mass is 19.1. The van der Waals surface area contributed by atoms with E-state index in [9.17, 15) is 8.78 Å². The number of halogens is 2. The summed E-state index contributed by atoms with van der Waals surface area (Å²) in [5, 5.41) is 0. The number of benzene rings is 2. The van der Waals surface area contributed by atoms with Crippen LogP contribution in [0.1, 0.15) is 42.3 Å². The Balaban J connectivity index is 1.71. The summed E-state index contributed by atoms with van der Waals surface area (Å²) in [7, 11) is 4.22. The summed E-state index contributed by atoms with van der Waals surface area (Å²) in [4.78, 5) is 2.26. The Morgan fingerprint density at radius 1 is 1.00 bits per heavy atom. The molecule has 24 heavy (non-hydrogen) atoms. The second-order valence-electron chi connectivity index (χ2n) is 6.89. The summed E-state index contributed by atoms with van der Waals surface area (Å²) in [6.45, 7) is 0. The van der Waals surface area contributed by atoms with Crippen molar-refractivity contribution in [2.24, 2.45) is 5.92 Å². The third-order valence-corrected chi connectivity index (χ3v) is 5.08. The third-order valence-electron chi connectivity index (χ3n) is 5.08. The van der Waals surface area contributed by atoms with Gasteiger partial charge in [0.15, 0.2) is 0 Å². The minimum Gasteiger partial charge on any atom is -0.302 e. The Hall–Kier alpha value is -1.74. The fourth-order valence-electron chi connectivity index (χ4n) is 3.95. The van der Waals surface area contributed by atoms with Gasteiger partial charge in [-0.1, -0.05) is 36.4 Å². The third kappa shape index (κ3) is 3.67. The average molecular weight is 328 g/mol. The number of hydrogen-bond acceptors (Lipinski definition) is 1. The van der Waals surface area contributed by atoms with E-state index in [-0.39, 0.29) is 5.92 Å². The molecule has 1 nitrogen and oxygen atoms in total. The lowest BCUT2D eigenvalue weighted by atomic mass is 9.74. The standard InChI is InChI=1S/C21H24F2N/c1-24(2)21(16-6-4-3-5-7-16)17-10-8-15(9-11-17)19-13-12-18(22)14-20(19)23/h3-7,10,12-15,17,21H,8-9,11H2,1-2H3. The molecule has 0 saturated heterocycles. The topological polar surface area (TPSA) is 3.24 Å². The minimum absolute atomic E-state index is 0.153. The molecule has 127 valence electrons. The van der Waals surface area contributed by atoms with Crippen molar-refractivity contribution >= 4 is 0 Å². The highest BCUT2D eigenvalue weighted by molar-refractivity contribution is 5.25. The predicted octanol–water partition coefficient (Wildman–Crippen LogP) is 5.36. The van der Waals surface area contributed by atoms with Crippen LogP contribution in [0.3, 0.4) is 0 Å². The van der Waals surface area contributed by atoms with E-state index in [0.29, 0.717) is 17.5 Å². The normalized spacial score (nSPS) is 22.5. The lowest BCUT2D eigenvalue weighted by Gasteiger charge is -2.37. The summed E-state index contributed by atoms with van der Waals surface area (Å²) >= 11 is 0. The van der Waals surface area contributed by atoms with Gasteiger partial charge in [0.05, 0.1) is 0 Å². The van der Waals surface area contributed by atoms with Crippen molar-refractivity contribution in [1.82, 2.24) is 4.90 Å². The maximum atomic E-state index is 14.0. The van der Waals surface area contributed by atoms with Gasteiger partial charge in [-0.2, -0.15) is 0 Å². The van der Waals surface area contributed by atoms with Crippen molar-refractivity contribution in [3.63, 3.8) is 0 Å². The zero-order chi connectivity index (χ0) is 17.1. The van der Waals surface area contributed by atoms with Crippen LogP contribution in [0.2, 0.25) is 0 Å². The van der Waals surface area contributed by atoms with E-state index in [2.05, 4.69) is 49.7 Å². The van der Waals surface area contributed by atoms with E-state index < -0.39 is 11.6 Å². The summed E-state index contributed by atoms with van der Waals surface area (Å²) in [5.74, 6) is -0.327. The first-order valence-corrected chi connectivity index (χ1v) is 8.56. The molecule has 0 amide bonds. The number of rotatable bonds is 4. The van der Waals surface area contributed by atoms with Crippen LogP contribution in [-0.4, -0.2) is 19.0 Å². The van der Waals surface area contributed by atoms with E-state index in [1.807, 2.05) is 6.07 Å². The second-order valence-corrected chi connectivity index (χ2v) is 6.89. The molecule has 3 rings (SSSR count). The number of nitrogens with zero attached hydrogens (tertiary/aromatic N) is 1. The average Bonchev–Trinajstić information content (AvgIpc) is 2.57. The first-order chi connectivity index (χ1) is 11.6. The molecule has 2 aromatic rings. The van der Waals surface area contributed by atoms with Crippen LogP contribution in [0.5, 0.6) is 0 Å². The van der Waals surface area contributed by atoms with Crippen LogP contribution in [0.25, 0.3) is 0 Å². The summed E-state index contributed by atoms with van der Waals surface area (Å²) in [6.07, 6.45) is 5.11. The monoisotopic (exact) mass is 328 g/mol. The molecule has 3 unspecified atom stereocenters. The molecule has 2 aromatic carbocycles. The molecule has 1 fully saturated rings. The molecule has 0 heterocycles. The zero-order valence-electron chi connectivity index (χ0n) is 14.3. The molecular formula is C21H24F2N. The Kier molecular flexibility index (Phi) is 5.30. The van der Waals surface area contributed by atoms with Gasteiger partial charge in [-0.3, -0.25) is 0 Å². The van der Waals surface area contributed by atoms with Gasteiger partial charge >= 0.3 is 0 Å². The van der Waals surface area contributed by atoms with Gasteiger partial charge in [0.2, 0.25) is 0 Å². The van der Waals surface area contributed by atoms with Gasteiger partial charge in [-0.25, -0.2) is 8.78 Å². The van der Waals surface area contributed by atoms with Crippen molar-refractivity contribution in [1.29, 1.82) is 0 Å². The van der Waals surface area contributed by atoms with Crippen LogP contribution in [0, 0.1) is 24.0 Å². The van der Waals surface area contributed by atoms with Crippen LogP contribution < -0.4 is 0 Å².